The lowest BCUT2D eigenvalue weighted by atomic mass is 9.82. The molecule has 0 unspecified atom stereocenters. The molecule has 0 bridgehead atoms. The van der Waals surface area contributed by atoms with E-state index in [-0.39, 0.29) is 45.7 Å². The Hall–Kier alpha value is -6.24. The molecule has 0 nitrogen and oxygen atoms in total. The molecule has 10 aromatic carbocycles. The molecule has 0 fully saturated rings. The highest BCUT2D eigenvalue weighted by molar-refractivity contribution is 6.29. The Labute approximate surface area is 290 Å². The van der Waals surface area contributed by atoms with Crippen LogP contribution in [0.25, 0.3) is 98.0 Å². The van der Waals surface area contributed by atoms with E-state index >= 15 is 0 Å². The second-order valence-electron chi connectivity index (χ2n) is 12.2. The zero-order valence-electron chi connectivity index (χ0n) is 33.7. The first-order valence-corrected chi connectivity index (χ1v) is 16.0. The highest BCUT2D eigenvalue weighted by Gasteiger charge is 2.20. The second-order valence-corrected chi connectivity index (χ2v) is 12.2. The SMILES string of the molecule is [2H]c1c([2H])c([2H])c2c(-c3c4ccccc4cc4c3ccc3ccccc34)c3c([2H])c([2H])c([2H])c([2H])c3c(-c3ccc(-c4cccc5ccccc45)cc3)c2c1[2H]. The van der Waals surface area contributed by atoms with Gasteiger partial charge in [-0.3, -0.25) is 0 Å². The molecule has 10 rings (SSSR count). The largest absolute Gasteiger partial charge is 0.0629 e. The molecule has 0 aliphatic heterocycles. The summed E-state index contributed by atoms with van der Waals surface area (Å²) in [6.07, 6.45) is 0. The minimum atomic E-state index is -0.420. The van der Waals surface area contributed by atoms with Crippen LogP contribution in [-0.4, -0.2) is 0 Å². The molecule has 48 heavy (non-hydrogen) atoms. The van der Waals surface area contributed by atoms with Gasteiger partial charge in [0.25, 0.3) is 0 Å². The highest BCUT2D eigenvalue weighted by Crippen LogP contribution is 2.48. The summed E-state index contributed by atoms with van der Waals surface area (Å²) in [6.45, 7) is 0. The Morgan fingerprint density at radius 1 is 0.292 bits per heavy atom. The lowest BCUT2D eigenvalue weighted by Crippen LogP contribution is -1.93. The van der Waals surface area contributed by atoms with Gasteiger partial charge in [-0.25, -0.2) is 0 Å². The Kier molecular flexibility index (Phi) is 4.46. The van der Waals surface area contributed by atoms with Crippen LogP contribution in [0.3, 0.4) is 0 Å². The van der Waals surface area contributed by atoms with Gasteiger partial charge in [-0.05, 0) is 104 Å². The van der Waals surface area contributed by atoms with Crippen LogP contribution in [-0.2, 0) is 0 Å². The van der Waals surface area contributed by atoms with Crippen molar-refractivity contribution in [3.8, 4) is 33.4 Å². The average molecular weight is 615 g/mol. The van der Waals surface area contributed by atoms with Crippen molar-refractivity contribution in [2.45, 2.75) is 0 Å². The number of hydrogen-bond acceptors (Lipinski definition) is 0. The van der Waals surface area contributed by atoms with Crippen molar-refractivity contribution in [2.24, 2.45) is 0 Å². The van der Waals surface area contributed by atoms with E-state index in [1.807, 2.05) is 97.1 Å². The number of hydrogen-bond donors (Lipinski definition) is 0. The summed E-state index contributed by atoms with van der Waals surface area (Å²) in [5.74, 6) is 0. The summed E-state index contributed by atoms with van der Waals surface area (Å²) in [7, 11) is 0. The summed E-state index contributed by atoms with van der Waals surface area (Å²) in [5, 5.41) is 8.42. The lowest BCUT2D eigenvalue weighted by Gasteiger charge is -2.21. The molecule has 0 aliphatic carbocycles. The quantitative estimate of drug-likeness (QED) is 0.137. The molecule has 0 aromatic heterocycles. The maximum absolute atomic E-state index is 9.56. The molecule has 10 aromatic rings. The van der Waals surface area contributed by atoms with E-state index in [1.54, 1.807) is 0 Å². The molecule has 0 atom stereocenters. The van der Waals surface area contributed by atoms with Crippen molar-refractivity contribution in [1.29, 1.82) is 0 Å². The van der Waals surface area contributed by atoms with Crippen LogP contribution in [0.15, 0.2) is 182 Å². The Bertz CT molecular complexity index is 3250. The molecule has 0 radical (unpaired) electrons. The fraction of sp³-hybridized carbons (Fsp3) is 0. The van der Waals surface area contributed by atoms with Gasteiger partial charge in [0.15, 0.2) is 0 Å². The van der Waals surface area contributed by atoms with Gasteiger partial charge in [-0.2, -0.15) is 0 Å². The molecule has 0 amide bonds. The van der Waals surface area contributed by atoms with Crippen LogP contribution in [0.1, 0.15) is 11.0 Å². The maximum atomic E-state index is 9.56. The predicted octanol–water partition coefficient (Wildman–Crippen LogP) is 13.6. The monoisotopic (exact) mass is 614 g/mol. The van der Waals surface area contributed by atoms with E-state index in [2.05, 4.69) is 36.4 Å². The molecule has 0 aliphatic rings. The topological polar surface area (TPSA) is 0 Å². The van der Waals surface area contributed by atoms with Crippen LogP contribution in [0.5, 0.6) is 0 Å². The van der Waals surface area contributed by atoms with E-state index in [0.29, 0.717) is 22.3 Å². The van der Waals surface area contributed by atoms with Crippen molar-refractivity contribution in [3.63, 3.8) is 0 Å². The number of fused-ring (bicyclic) bond motifs is 7. The normalized spacial score (nSPS) is 14.1. The zero-order chi connectivity index (χ0) is 38.6. The van der Waals surface area contributed by atoms with Gasteiger partial charge >= 0.3 is 0 Å². The molecule has 0 heteroatoms. The number of benzene rings is 10. The molecule has 222 valence electrons. The Morgan fingerprint density at radius 3 is 1.48 bits per heavy atom. The van der Waals surface area contributed by atoms with Crippen molar-refractivity contribution >= 4 is 64.6 Å². The van der Waals surface area contributed by atoms with E-state index in [1.165, 1.54) is 0 Å². The van der Waals surface area contributed by atoms with E-state index < -0.39 is 24.2 Å². The number of rotatable bonds is 3. The van der Waals surface area contributed by atoms with Gasteiger partial charge in [0, 0.05) is 0 Å². The predicted molar refractivity (Wildman–Crippen MR) is 208 cm³/mol. The standard InChI is InChI=1S/C48H30/c1-4-16-36-31(12-1)15-11-23-37(36)33-24-26-34(27-25-33)46-40-19-7-9-21-42(40)48(43-22-10-8-20-41(43)46)47-39-18-6-3-14-35(39)30-45-38-17-5-2-13-32(38)28-29-44(45)47/h1-30H/i7D,8D,9D,10D,19D,20D,21D,22D. The smallest absolute Gasteiger partial charge is 0.0616 e. The summed E-state index contributed by atoms with van der Waals surface area (Å²) in [4.78, 5) is 0. The van der Waals surface area contributed by atoms with Gasteiger partial charge in [0.2, 0.25) is 0 Å². The van der Waals surface area contributed by atoms with Gasteiger partial charge < -0.3 is 0 Å². The van der Waals surface area contributed by atoms with Gasteiger partial charge in [-0.15, -0.1) is 0 Å². The van der Waals surface area contributed by atoms with Gasteiger partial charge in [-0.1, -0.05) is 176 Å². The van der Waals surface area contributed by atoms with Crippen molar-refractivity contribution in [3.05, 3.63) is 182 Å². The summed E-state index contributed by atoms with van der Waals surface area (Å²) >= 11 is 0. The zero-order valence-corrected chi connectivity index (χ0v) is 25.7. The lowest BCUT2D eigenvalue weighted by molar-refractivity contribution is 1.63. The molecule has 0 saturated carbocycles. The first-order chi connectivity index (χ1) is 27.2. The van der Waals surface area contributed by atoms with Crippen LogP contribution < -0.4 is 0 Å². The first-order valence-electron chi connectivity index (χ1n) is 20.0. The summed E-state index contributed by atoms with van der Waals surface area (Å²) in [6, 6.07) is 41.2. The van der Waals surface area contributed by atoms with E-state index in [9.17, 15) is 5.48 Å². The van der Waals surface area contributed by atoms with Crippen molar-refractivity contribution in [2.75, 3.05) is 0 Å². The summed E-state index contributed by atoms with van der Waals surface area (Å²) < 4.78 is 73.8. The van der Waals surface area contributed by atoms with Crippen LogP contribution >= 0.6 is 0 Å². The van der Waals surface area contributed by atoms with Crippen LogP contribution in [0.4, 0.5) is 0 Å². The van der Waals surface area contributed by atoms with Crippen molar-refractivity contribution < 1.29 is 11.0 Å². The average Bonchev–Trinajstić information content (AvgIpc) is 3.24. The maximum Gasteiger partial charge on any atom is 0.0629 e. The minimum absolute atomic E-state index is 0.198. The second kappa shape index (κ2) is 10.7. The fourth-order valence-corrected chi connectivity index (χ4v) is 7.55. The van der Waals surface area contributed by atoms with Crippen molar-refractivity contribution in [1.82, 2.24) is 0 Å². The van der Waals surface area contributed by atoms with E-state index in [4.69, 9.17) is 5.48 Å². The first kappa shape index (κ1) is 20.1. The molecular formula is C48H30. The van der Waals surface area contributed by atoms with Crippen LogP contribution in [0.2, 0.25) is 0 Å². The Morgan fingerprint density at radius 2 is 0.792 bits per heavy atom. The highest BCUT2D eigenvalue weighted by atomic mass is 14.2. The third-order valence-electron chi connectivity index (χ3n) is 9.67. The third kappa shape index (κ3) is 4.03. The van der Waals surface area contributed by atoms with E-state index in [0.717, 1.165) is 54.2 Å². The van der Waals surface area contributed by atoms with Gasteiger partial charge in [0.1, 0.15) is 0 Å². The minimum Gasteiger partial charge on any atom is -0.0616 e. The molecular weight excluding hydrogens is 577 g/mol. The molecule has 0 spiro atoms. The molecule has 0 saturated heterocycles. The fourth-order valence-electron chi connectivity index (χ4n) is 7.55. The summed E-state index contributed by atoms with van der Waals surface area (Å²) in [5.41, 5.74) is 3.86. The Balaban J connectivity index is 1.42. The molecule has 0 heterocycles. The third-order valence-corrected chi connectivity index (χ3v) is 9.67. The molecule has 0 N–H and O–H groups in total. The van der Waals surface area contributed by atoms with Crippen LogP contribution in [0, 0.1) is 0 Å². The van der Waals surface area contributed by atoms with Gasteiger partial charge in [0.05, 0.1) is 11.0 Å².